The molecule has 0 bridgehead atoms. The zero-order valence-electron chi connectivity index (χ0n) is 15.0. The maximum Gasteiger partial charge on any atom is 0.169 e. The molecule has 2 N–H and O–H groups in total. The first kappa shape index (κ1) is 15.5. The Morgan fingerprint density at radius 2 is 1.00 bits per heavy atom. The molecule has 10 unspecified atom stereocenters. The van der Waals surface area contributed by atoms with Crippen LogP contribution in [0.4, 0.5) is 0 Å². The van der Waals surface area contributed by atoms with Crippen molar-refractivity contribution in [3.8, 4) is 0 Å². The van der Waals surface area contributed by atoms with Gasteiger partial charge in [-0.15, -0.1) is 0 Å². The maximum absolute atomic E-state index is 13.5. The Balaban J connectivity index is 1.72. The topological polar surface area (TPSA) is 74.6 Å². The zero-order valence-corrected chi connectivity index (χ0v) is 15.0. The predicted octanol–water partition coefficient (Wildman–Crippen LogP) is 1.96. The number of hydrogen-bond donors (Lipinski definition) is 2. The third kappa shape index (κ3) is 0.962. The molecular formula is C20H28O4. The van der Waals surface area contributed by atoms with Crippen molar-refractivity contribution < 1.29 is 19.8 Å². The molecule has 10 atom stereocenters. The summed E-state index contributed by atoms with van der Waals surface area (Å²) in [4.78, 5) is 27.0. The van der Waals surface area contributed by atoms with E-state index in [9.17, 15) is 19.8 Å². The Hall–Kier alpha value is -0.740. The van der Waals surface area contributed by atoms with Crippen molar-refractivity contribution in [3.63, 3.8) is 0 Å². The first-order valence-corrected chi connectivity index (χ1v) is 9.62. The lowest BCUT2D eigenvalue weighted by atomic mass is 9.19. The molecule has 5 fully saturated rings. The van der Waals surface area contributed by atoms with Gasteiger partial charge in [0.05, 0.1) is 0 Å². The van der Waals surface area contributed by atoms with Crippen LogP contribution < -0.4 is 0 Å². The van der Waals surface area contributed by atoms with Gasteiger partial charge >= 0.3 is 0 Å². The fraction of sp³-hybridized carbons (Fsp3) is 0.900. The van der Waals surface area contributed by atoms with Crippen LogP contribution >= 0.6 is 0 Å². The second-order valence-electron chi connectivity index (χ2n) is 9.71. The molecule has 5 aliphatic rings. The highest BCUT2D eigenvalue weighted by atomic mass is 16.3. The van der Waals surface area contributed by atoms with E-state index < -0.39 is 33.9 Å². The fourth-order valence-electron chi connectivity index (χ4n) is 8.86. The number of Topliss-reactive ketones (excluding diaryl/α,β-unsaturated/α-hetero) is 2. The molecule has 5 saturated carbocycles. The van der Waals surface area contributed by atoms with Gasteiger partial charge in [0.25, 0.3) is 0 Å². The summed E-state index contributed by atoms with van der Waals surface area (Å²) >= 11 is 0. The van der Waals surface area contributed by atoms with E-state index >= 15 is 0 Å². The van der Waals surface area contributed by atoms with E-state index in [1.165, 1.54) is 0 Å². The molecule has 4 heteroatoms. The van der Waals surface area contributed by atoms with Gasteiger partial charge in [-0.05, 0) is 49.4 Å². The molecule has 0 aromatic rings. The van der Waals surface area contributed by atoms with Crippen LogP contribution in [0.2, 0.25) is 0 Å². The summed E-state index contributed by atoms with van der Waals surface area (Å²) in [6.45, 7) is 8.25. The Morgan fingerprint density at radius 3 is 1.25 bits per heavy atom. The lowest BCUT2D eigenvalue weighted by molar-refractivity contribution is -0.357. The summed E-state index contributed by atoms with van der Waals surface area (Å²) in [5.41, 5.74) is -2.57. The summed E-state index contributed by atoms with van der Waals surface area (Å²) < 4.78 is 0. The highest BCUT2D eigenvalue weighted by Crippen LogP contribution is 2.84. The predicted molar refractivity (Wildman–Crippen MR) is 86.9 cm³/mol. The Morgan fingerprint density at radius 1 is 0.667 bits per heavy atom. The quantitative estimate of drug-likeness (QED) is 0.711. The van der Waals surface area contributed by atoms with Crippen molar-refractivity contribution in [2.45, 2.75) is 65.6 Å². The van der Waals surface area contributed by atoms with Gasteiger partial charge in [0, 0.05) is 21.7 Å². The van der Waals surface area contributed by atoms with E-state index in [-0.39, 0.29) is 35.2 Å². The molecule has 0 aromatic carbocycles. The summed E-state index contributed by atoms with van der Waals surface area (Å²) in [6, 6.07) is 0. The van der Waals surface area contributed by atoms with Crippen molar-refractivity contribution in [1.29, 1.82) is 0 Å². The van der Waals surface area contributed by atoms with Crippen molar-refractivity contribution >= 4 is 11.6 Å². The molecule has 0 saturated heterocycles. The molecule has 0 aromatic heterocycles. The van der Waals surface area contributed by atoms with E-state index in [4.69, 9.17) is 0 Å². The number of rotatable bonds is 0. The molecule has 0 spiro atoms. The van der Waals surface area contributed by atoms with Gasteiger partial charge in [-0.2, -0.15) is 0 Å². The first-order valence-electron chi connectivity index (χ1n) is 9.62. The monoisotopic (exact) mass is 332 g/mol. The van der Waals surface area contributed by atoms with Crippen LogP contribution in [0.1, 0.15) is 53.4 Å². The third-order valence-electron chi connectivity index (χ3n) is 10.6. The van der Waals surface area contributed by atoms with Gasteiger partial charge in [0.1, 0.15) is 12.2 Å². The Bertz CT molecular complexity index is 629. The summed E-state index contributed by atoms with van der Waals surface area (Å²) in [6.07, 6.45) is 0.857. The maximum atomic E-state index is 13.5. The van der Waals surface area contributed by atoms with E-state index in [2.05, 4.69) is 13.8 Å². The number of hydrogen-bond acceptors (Lipinski definition) is 4. The second-order valence-corrected chi connectivity index (χ2v) is 9.71. The van der Waals surface area contributed by atoms with Crippen LogP contribution in [0, 0.1) is 45.3 Å². The van der Waals surface area contributed by atoms with Gasteiger partial charge in [-0.3, -0.25) is 9.59 Å². The van der Waals surface area contributed by atoms with Crippen LogP contribution in [0.15, 0.2) is 0 Å². The van der Waals surface area contributed by atoms with Crippen molar-refractivity contribution in [1.82, 2.24) is 0 Å². The molecule has 0 aliphatic heterocycles. The summed E-state index contributed by atoms with van der Waals surface area (Å²) in [7, 11) is 0. The van der Waals surface area contributed by atoms with Crippen molar-refractivity contribution in [2.24, 2.45) is 45.3 Å². The van der Waals surface area contributed by atoms with Crippen LogP contribution in [-0.2, 0) is 9.59 Å². The smallest absolute Gasteiger partial charge is 0.169 e. The van der Waals surface area contributed by atoms with Crippen molar-refractivity contribution in [3.05, 3.63) is 0 Å². The molecule has 0 radical (unpaired) electrons. The van der Waals surface area contributed by atoms with Gasteiger partial charge in [0.2, 0.25) is 0 Å². The first-order chi connectivity index (χ1) is 11.2. The second kappa shape index (κ2) is 3.83. The normalized spacial score (nSPS) is 66.9. The molecule has 0 amide bonds. The molecule has 0 heterocycles. The van der Waals surface area contributed by atoms with Crippen molar-refractivity contribution in [2.75, 3.05) is 0 Å². The van der Waals surface area contributed by atoms with Crippen LogP contribution in [-0.4, -0.2) is 34.0 Å². The van der Waals surface area contributed by atoms with Gasteiger partial charge in [-0.1, -0.05) is 27.7 Å². The van der Waals surface area contributed by atoms with Crippen LogP contribution in [0.5, 0.6) is 0 Å². The zero-order chi connectivity index (χ0) is 17.4. The Kier molecular flexibility index (Phi) is 2.47. The minimum Gasteiger partial charge on any atom is -0.385 e. The molecule has 24 heavy (non-hydrogen) atoms. The minimum atomic E-state index is -1.02. The van der Waals surface area contributed by atoms with Gasteiger partial charge in [0.15, 0.2) is 11.6 Å². The highest BCUT2D eigenvalue weighted by Gasteiger charge is 2.88. The minimum absolute atomic E-state index is 0.0811. The van der Waals surface area contributed by atoms with Gasteiger partial charge in [-0.25, -0.2) is 0 Å². The molecule has 5 rings (SSSR count). The third-order valence-corrected chi connectivity index (χ3v) is 10.6. The van der Waals surface area contributed by atoms with Gasteiger partial charge < -0.3 is 10.2 Å². The highest BCUT2D eigenvalue weighted by molar-refractivity contribution is 6.05. The van der Waals surface area contributed by atoms with E-state index in [1.54, 1.807) is 0 Å². The molecule has 4 nitrogen and oxygen atoms in total. The summed E-state index contributed by atoms with van der Waals surface area (Å²) in [5.74, 6) is 0.404. The van der Waals surface area contributed by atoms with Crippen LogP contribution in [0.3, 0.4) is 0 Å². The van der Waals surface area contributed by atoms with E-state index in [1.807, 2.05) is 13.8 Å². The summed E-state index contributed by atoms with van der Waals surface area (Å²) in [5, 5.41) is 22.4. The number of ketones is 2. The largest absolute Gasteiger partial charge is 0.385 e. The lowest BCUT2D eigenvalue weighted by Crippen LogP contribution is -2.88. The van der Waals surface area contributed by atoms with Crippen LogP contribution in [0.25, 0.3) is 0 Å². The average molecular weight is 332 g/mol. The SMILES string of the molecule is CC1C(C)C23CCC12C(=O)C(O)C12CCC1(C(O)C3=O)C(C)C2C. The van der Waals surface area contributed by atoms with E-state index in [0.717, 1.165) is 12.8 Å². The fourth-order valence-corrected chi connectivity index (χ4v) is 8.86. The number of carbonyl (C=O) groups excluding carboxylic acids is 2. The van der Waals surface area contributed by atoms with E-state index in [0.29, 0.717) is 12.8 Å². The Labute approximate surface area is 143 Å². The number of carbonyl (C=O) groups is 2. The standard InChI is InChI=1S/C20H28O4/c1-9-10(2)18-6-5-17(9,18)13(21)14(22)19-7-8-20(19,12(4)11(19)3)16(24)15(18)23/h9-13,15,21,23H,5-8H2,1-4H3. The molecule has 5 aliphatic carbocycles. The number of aliphatic hydroxyl groups excluding tert-OH is 2. The molecular weight excluding hydrogens is 304 g/mol. The number of aliphatic hydroxyl groups is 2. The lowest BCUT2D eigenvalue weighted by Gasteiger charge is -2.83. The molecule has 132 valence electrons. The average Bonchev–Trinajstić information content (AvgIpc) is 2.52.